The normalized spacial score (nSPS) is 12.7. The highest BCUT2D eigenvalue weighted by Gasteiger charge is 2.33. The van der Waals surface area contributed by atoms with Crippen molar-refractivity contribution in [1.82, 2.24) is 4.98 Å². The first-order chi connectivity index (χ1) is 16.1. The van der Waals surface area contributed by atoms with E-state index in [-0.39, 0.29) is 16.8 Å². The smallest absolute Gasteiger partial charge is 0.433 e. The minimum Gasteiger partial charge on any atom is -0.455 e. The number of alkyl halides is 3. The van der Waals surface area contributed by atoms with Crippen LogP contribution in [-0.4, -0.2) is 10.1 Å². The number of aromatic nitrogens is 1. The number of fused-ring (bicyclic) bond motifs is 1. The van der Waals surface area contributed by atoms with E-state index >= 15 is 0 Å². The van der Waals surface area contributed by atoms with Crippen LogP contribution in [0.25, 0.3) is 22.3 Å². The second kappa shape index (κ2) is 8.95. The van der Waals surface area contributed by atoms with E-state index in [0.29, 0.717) is 27.9 Å². The predicted molar refractivity (Wildman–Crippen MR) is 125 cm³/mol. The van der Waals surface area contributed by atoms with E-state index in [0.717, 1.165) is 17.2 Å². The maximum absolute atomic E-state index is 13.2. The molecule has 0 aliphatic heterocycles. The fraction of sp³-hybridized carbons (Fsp3) is 0.231. The quantitative estimate of drug-likeness (QED) is 0.367. The summed E-state index contributed by atoms with van der Waals surface area (Å²) in [6.45, 7) is 4.71. The van der Waals surface area contributed by atoms with Gasteiger partial charge in [0.1, 0.15) is 17.0 Å². The van der Waals surface area contributed by atoms with Crippen LogP contribution in [0, 0.1) is 13.8 Å². The Kier molecular flexibility index (Phi) is 6.18. The molecule has 8 heteroatoms. The lowest BCUT2D eigenvalue weighted by Crippen LogP contribution is -2.15. The highest BCUT2D eigenvalue weighted by atomic mass is 19.4. The molecular formula is C26H23F3N2O3. The number of nitrogens with zero attached hydrogens (tertiary/aromatic N) is 1. The molecule has 2 aromatic carbocycles. The van der Waals surface area contributed by atoms with Crippen molar-refractivity contribution in [3.63, 3.8) is 0 Å². The Morgan fingerprint density at radius 3 is 2.44 bits per heavy atom. The van der Waals surface area contributed by atoms with Crippen molar-refractivity contribution < 1.29 is 22.7 Å². The second-order valence-electron chi connectivity index (χ2n) is 8.19. The van der Waals surface area contributed by atoms with Crippen molar-refractivity contribution in [2.75, 3.05) is 5.32 Å². The Balaban J connectivity index is 1.83. The molecule has 4 aromatic rings. The lowest BCUT2D eigenvalue weighted by molar-refractivity contribution is -0.141. The Labute approximate surface area is 193 Å². The zero-order valence-corrected chi connectivity index (χ0v) is 18.8. The van der Waals surface area contributed by atoms with Gasteiger partial charge in [-0.2, -0.15) is 13.2 Å². The monoisotopic (exact) mass is 468 g/mol. The molecule has 2 N–H and O–H groups in total. The maximum Gasteiger partial charge on any atom is 0.433 e. The Hall–Kier alpha value is -3.65. The fourth-order valence-electron chi connectivity index (χ4n) is 3.98. The van der Waals surface area contributed by atoms with E-state index in [1.54, 1.807) is 19.9 Å². The summed E-state index contributed by atoms with van der Waals surface area (Å²) in [7, 11) is 0. The van der Waals surface area contributed by atoms with E-state index < -0.39 is 24.5 Å². The summed E-state index contributed by atoms with van der Waals surface area (Å²) < 4.78 is 45.3. The molecular weight excluding hydrogens is 445 g/mol. The van der Waals surface area contributed by atoms with Gasteiger partial charge < -0.3 is 14.8 Å². The number of aliphatic hydroxyl groups excluding tert-OH is 1. The first-order valence-corrected chi connectivity index (χ1v) is 10.7. The molecule has 0 bridgehead atoms. The number of pyridine rings is 1. The van der Waals surface area contributed by atoms with Gasteiger partial charge in [0.2, 0.25) is 0 Å². The molecule has 0 aliphatic carbocycles. The lowest BCUT2D eigenvalue weighted by Gasteiger charge is -2.20. The second-order valence-corrected chi connectivity index (χ2v) is 8.19. The number of halogens is 3. The number of hydrogen-bond acceptors (Lipinski definition) is 5. The molecule has 1 unspecified atom stereocenters. The minimum absolute atomic E-state index is 0.124. The number of benzene rings is 2. The molecule has 176 valence electrons. The third kappa shape index (κ3) is 4.41. The largest absolute Gasteiger partial charge is 0.455 e. The molecule has 5 nitrogen and oxygen atoms in total. The Bertz CT molecular complexity index is 1410. The zero-order chi connectivity index (χ0) is 24.6. The number of rotatable bonds is 5. The molecule has 4 rings (SSSR count). The summed E-state index contributed by atoms with van der Waals surface area (Å²) in [5, 5.41) is 13.1. The lowest BCUT2D eigenvalue weighted by atomic mass is 9.98. The van der Waals surface area contributed by atoms with Gasteiger partial charge in [0.15, 0.2) is 5.43 Å². The summed E-state index contributed by atoms with van der Waals surface area (Å²) in [5.74, 6) is 0.461. The first-order valence-electron chi connectivity index (χ1n) is 10.7. The van der Waals surface area contributed by atoms with Crippen LogP contribution in [0.15, 0.2) is 63.8 Å². The Morgan fingerprint density at radius 2 is 1.79 bits per heavy atom. The van der Waals surface area contributed by atoms with Crippen LogP contribution in [-0.2, 0) is 12.8 Å². The number of aryl methyl sites for hydroxylation is 1. The SMILES string of the molecule is Cc1cc(C(C)Nc2ccc(C(F)(F)F)nc2CO)c2oc(-c3ccccc3)c(C)c(=O)c2c1. The highest BCUT2D eigenvalue weighted by Crippen LogP contribution is 2.34. The van der Waals surface area contributed by atoms with Crippen molar-refractivity contribution >= 4 is 16.7 Å². The molecule has 0 saturated heterocycles. The summed E-state index contributed by atoms with van der Waals surface area (Å²) >= 11 is 0. The fourth-order valence-corrected chi connectivity index (χ4v) is 3.98. The number of aliphatic hydroxyl groups is 1. The van der Waals surface area contributed by atoms with Crippen LogP contribution >= 0.6 is 0 Å². The molecule has 2 heterocycles. The van der Waals surface area contributed by atoms with E-state index in [1.165, 1.54) is 6.07 Å². The van der Waals surface area contributed by atoms with Gasteiger partial charge in [0.05, 0.1) is 29.4 Å². The van der Waals surface area contributed by atoms with E-state index in [2.05, 4.69) is 10.3 Å². The topological polar surface area (TPSA) is 75.4 Å². The molecule has 34 heavy (non-hydrogen) atoms. The van der Waals surface area contributed by atoms with Crippen LogP contribution in [0.1, 0.15) is 41.0 Å². The summed E-state index contributed by atoms with van der Waals surface area (Å²) in [4.78, 5) is 16.8. The highest BCUT2D eigenvalue weighted by molar-refractivity contribution is 5.84. The van der Waals surface area contributed by atoms with Crippen LogP contribution in [0.5, 0.6) is 0 Å². The van der Waals surface area contributed by atoms with Gasteiger partial charge in [-0.05, 0) is 44.5 Å². The molecule has 0 fully saturated rings. The average molecular weight is 468 g/mol. The minimum atomic E-state index is -4.62. The van der Waals surface area contributed by atoms with Crippen molar-refractivity contribution in [3.05, 3.63) is 92.9 Å². The summed E-state index contributed by atoms with van der Waals surface area (Å²) in [6.07, 6.45) is -4.62. The third-order valence-corrected chi connectivity index (χ3v) is 5.68. The summed E-state index contributed by atoms with van der Waals surface area (Å²) in [5.41, 5.74) is 2.05. The summed E-state index contributed by atoms with van der Waals surface area (Å²) in [6, 6.07) is 14.5. The Morgan fingerprint density at radius 1 is 1.09 bits per heavy atom. The van der Waals surface area contributed by atoms with Gasteiger partial charge >= 0.3 is 6.18 Å². The molecule has 2 aromatic heterocycles. The van der Waals surface area contributed by atoms with Gasteiger partial charge in [-0.3, -0.25) is 4.79 Å². The van der Waals surface area contributed by atoms with Crippen LogP contribution in [0.3, 0.4) is 0 Å². The standard InChI is InChI=1S/C26H23F3N2O3/c1-14-11-18(16(3)30-20-9-10-22(26(27,28)29)31-21(20)13-32)25-19(12-14)23(33)15(2)24(34-25)17-7-5-4-6-8-17/h4-12,16,30,32H,13H2,1-3H3. The van der Waals surface area contributed by atoms with Crippen LogP contribution in [0.4, 0.5) is 18.9 Å². The molecule has 0 spiro atoms. The molecule has 0 aliphatic rings. The van der Waals surface area contributed by atoms with Gasteiger partial charge in [-0.15, -0.1) is 0 Å². The van der Waals surface area contributed by atoms with Gasteiger partial charge in [0.25, 0.3) is 0 Å². The molecule has 1 atom stereocenters. The van der Waals surface area contributed by atoms with Crippen LogP contribution < -0.4 is 10.7 Å². The molecule has 0 amide bonds. The van der Waals surface area contributed by atoms with Crippen molar-refractivity contribution in [2.24, 2.45) is 0 Å². The number of hydrogen-bond donors (Lipinski definition) is 2. The maximum atomic E-state index is 13.2. The van der Waals surface area contributed by atoms with E-state index in [9.17, 15) is 23.1 Å². The van der Waals surface area contributed by atoms with Crippen molar-refractivity contribution in [2.45, 2.75) is 39.6 Å². The number of nitrogens with one attached hydrogen (secondary N) is 1. The third-order valence-electron chi connectivity index (χ3n) is 5.68. The van der Waals surface area contributed by atoms with E-state index in [4.69, 9.17) is 4.42 Å². The van der Waals surface area contributed by atoms with Crippen molar-refractivity contribution in [1.29, 1.82) is 0 Å². The van der Waals surface area contributed by atoms with E-state index in [1.807, 2.05) is 43.3 Å². The van der Waals surface area contributed by atoms with Gasteiger partial charge in [0, 0.05) is 16.7 Å². The van der Waals surface area contributed by atoms with Gasteiger partial charge in [-0.25, -0.2) is 4.98 Å². The molecule has 0 radical (unpaired) electrons. The predicted octanol–water partition coefficient (Wildman–Crippen LogP) is 6.16. The molecule has 0 saturated carbocycles. The van der Waals surface area contributed by atoms with Gasteiger partial charge in [-0.1, -0.05) is 36.4 Å². The average Bonchev–Trinajstić information content (AvgIpc) is 2.81. The van der Waals surface area contributed by atoms with Crippen LogP contribution in [0.2, 0.25) is 0 Å². The number of anilines is 1. The zero-order valence-electron chi connectivity index (χ0n) is 18.8. The van der Waals surface area contributed by atoms with Crippen molar-refractivity contribution in [3.8, 4) is 11.3 Å². The first kappa shape index (κ1) is 23.5.